The summed E-state index contributed by atoms with van der Waals surface area (Å²) in [5.41, 5.74) is 0. The molecule has 1 atom stereocenters. The fourth-order valence-electron chi connectivity index (χ4n) is 3.82. The van der Waals surface area contributed by atoms with Crippen molar-refractivity contribution in [1.82, 2.24) is 25.4 Å². The largest absolute Gasteiger partial charge is 0.357 e. The molecule has 2 aliphatic rings. The number of guanidine groups is 1. The zero-order valence-corrected chi connectivity index (χ0v) is 20.7. The normalized spacial score (nSPS) is 21.6. The molecule has 3 rings (SSSR count). The number of hydrogen-bond donors (Lipinski definition) is 2. The van der Waals surface area contributed by atoms with Gasteiger partial charge in [0.05, 0.1) is 11.6 Å². The minimum absolute atomic E-state index is 0. The first-order chi connectivity index (χ1) is 13.7. The second-order valence-electron chi connectivity index (χ2n) is 7.64. The molecule has 0 bridgehead atoms. The predicted octanol–water partition coefficient (Wildman–Crippen LogP) is 2.12. The van der Waals surface area contributed by atoms with Crippen LogP contribution in [0.25, 0.3) is 0 Å². The molecule has 164 valence electrons. The second-order valence-corrected chi connectivity index (χ2v) is 8.05. The Morgan fingerprint density at radius 2 is 2.14 bits per heavy atom. The summed E-state index contributed by atoms with van der Waals surface area (Å²) in [5, 5.41) is 7.69. The maximum Gasteiger partial charge on any atom is 0.191 e. The lowest BCUT2D eigenvalue weighted by Crippen LogP contribution is -2.45. The first-order valence-electron chi connectivity index (χ1n) is 10.5. The molecule has 2 saturated heterocycles. The molecule has 2 N–H and O–H groups in total. The number of aromatic nitrogens is 1. The zero-order valence-electron chi connectivity index (χ0n) is 17.6. The molecular formula is C20H35ClIN7. The lowest BCUT2D eigenvalue weighted by molar-refractivity contribution is 0.283. The minimum atomic E-state index is 0. The van der Waals surface area contributed by atoms with Gasteiger partial charge in [-0.15, -0.1) is 24.0 Å². The molecule has 0 aliphatic carbocycles. The minimum Gasteiger partial charge on any atom is -0.357 e. The number of rotatable bonds is 6. The van der Waals surface area contributed by atoms with Crippen molar-refractivity contribution in [3.05, 3.63) is 23.4 Å². The van der Waals surface area contributed by atoms with E-state index in [0.717, 1.165) is 64.0 Å². The molecule has 1 unspecified atom stereocenters. The smallest absolute Gasteiger partial charge is 0.191 e. The van der Waals surface area contributed by atoms with E-state index < -0.39 is 0 Å². The monoisotopic (exact) mass is 535 g/mol. The third kappa shape index (κ3) is 7.73. The summed E-state index contributed by atoms with van der Waals surface area (Å²) in [6.07, 6.45) is 4.09. The van der Waals surface area contributed by atoms with Gasteiger partial charge in [0.25, 0.3) is 0 Å². The molecule has 29 heavy (non-hydrogen) atoms. The Bertz CT molecular complexity index is 645. The van der Waals surface area contributed by atoms with E-state index in [1.807, 2.05) is 12.1 Å². The number of nitrogens with one attached hydrogen (secondary N) is 2. The molecule has 0 aromatic carbocycles. The van der Waals surface area contributed by atoms with E-state index in [1.54, 1.807) is 6.20 Å². The van der Waals surface area contributed by atoms with Gasteiger partial charge in [-0.2, -0.15) is 0 Å². The van der Waals surface area contributed by atoms with E-state index in [4.69, 9.17) is 16.6 Å². The van der Waals surface area contributed by atoms with Crippen molar-refractivity contribution in [3.8, 4) is 0 Å². The highest BCUT2D eigenvalue weighted by atomic mass is 127. The lowest BCUT2D eigenvalue weighted by Gasteiger charge is -2.21. The third-order valence-corrected chi connectivity index (χ3v) is 5.71. The first kappa shape index (κ1) is 24.4. The Balaban J connectivity index is 0.00000300. The van der Waals surface area contributed by atoms with Crippen LogP contribution >= 0.6 is 35.6 Å². The number of nitrogens with zero attached hydrogens (tertiary/aromatic N) is 5. The van der Waals surface area contributed by atoms with Gasteiger partial charge in [0, 0.05) is 51.5 Å². The summed E-state index contributed by atoms with van der Waals surface area (Å²) in [5.74, 6) is 1.79. The fraction of sp³-hybridized carbons (Fsp3) is 0.700. The van der Waals surface area contributed by atoms with Gasteiger partial charge in [0.2, 0.25) is 0 Å². The summed E-state index contributed by atoms with van der Waals surface area (Å²) >= 11 is 6.30. The molecule has 0 radical (unpaired) electrons. The molecule has 0 amide bonds. The average molecular weight is 536 g/mol. The predicted molar refractivity (Wildman–Crippen MR) is 133 cm³/mol. The van der Waals surface area contributed by atoms with Crippen LogP contribution in [0.1, 0.15) is 19.8 Å². The van der Waals surface area contributed by atoms with Crippen molar-refractivity contribution in [1.29, 1.82) is 0 Å². The summed E-state index contributed by atoms with van der Waals surface area (Å²) in [4.78, 5) is 16.4. The van der Waals surface area contributed by atoms with Crippen molar-refractivity contribution >= 4 is 47.4 Å². The number of aliphatic imine (C=N–C) groups is 1. The third-order valence-electron chi connectivity index (χ3n) is 5.41. The summed E-state index contributed by atoms with van der Waals surface area (Å²) in [7, 11) is 2.21. The molecule has 1 aromatic rings. The molecule has 2 aliphatic heterocycles. The van der Waals surface area contributed by atoms with Crippen LogP contribution < -0.4 is 15.5 Å². The Morgan fingerprint density at radius 1 is 1.28 bits per heavy atom. The highest BCUT2D eigenvalue weighted by Gasteiger charge is 2.25. The summed E-state index contributed by atoms with van der Waals surface area (Å²) < 4.78 is 0. The molecular weight excluding hydrogens is 501 g/mol. The van der Waals surface area contributed by atoms with Gasteiger partial charge in [-0.05, 0) is 52.0 Å². The summed E-state index contributed by atoms with van der Waals surface area (Å²) in [6, 6.07) is 4.12. The second kappa shape index (κ2) is 12.8. The van der Waals surface area contributed by atoms with Crippen LogP contribution in [0.2, 0.25) is 5.02 Å². The van der Waals surface area contributed by atoms with Gasteiger partial charge in [0.15, 0.2) is 5.96 Å². The average Bonchev–Trinajstić information content (AvgIpc) is 3.04. The Morgan fingerprint density at radius 3 is 2.93 bits per heavy atom. The van der Waals surface area contributed by atoms with Gasteiger partial charge in [0.1, 0.15) is 5.82 Å². The van der Waals surface area contributed by atoms with E-state index >= 15 is 0 Å². The molecule has 0 saturated carbocycles. The van der Waals surface area contributed by atoms with Gasteiger partial charge in [-0.3, -0.25) is 4.99 Å². The van der Waals surface area contributed by atoms with E-state index in [-0.39, 0.29) is 24.0 Å². The SMILES string of the molecule is CCNC(=NCCN1CCCN(C)CC1)NC1CCN(c2ncccc2Cl)C1.I. The maximum atomic E-state index is 6.30. The number of halogens is 2. The molecule has 9 heteroatoms. The van der Waals surface area contributed by atoms with Crippen molar-refractivity contribution in [2.24, 2.45) is 4.99 Å². The van der Waals surface area contributed by atoms with Crippen molar-refractivity contribution in [2.75, 3.05) is 70.9 Å². The maximum absolute atomic E-state index is 6.30. The Hall–Kier alpha value is -0.840. The number of anilines is 1. The number of pyridine rings is 1. The van der Waals surface area contributed by atoms with Gasteiger partial charge in [-0.25, -0.2) is 4.98 Å². The van der Waals surface area contributed by atoms with Crippen LogP contribution in [0.4, 0.5) is 5.82 Å². The molecule has 2 fully saturated rings. The van der Waals surface area contributed by atoms with Gasteiger partial charge < -0.3 is 25.3 Å². The standard InChI is InChI=1S/C20H34ClN7.HI/c1-3-22-20(24-9-13-27-11-5-10-26(2)14-15-27)25-17-7-12-28(16-17)19-18(21)6-4-8-23-19;/h4,6,8,17H,3,5,7,9-16H2,1-2H3,(H2,22,24,25);1H. The van der Waals surface area contributed by atoms with Crippen molar-refractivity contribution < 1.29 is 0 Å². The van der Waals surface area contributed by atoms with E-state index in [9.17, 15) is 0 Å². The zero-order chi connectivity index (χ0) is 19.8. The van der Waals surface area contributed by atoms with Crippen LogP contribution in [-0.4, -0.2) is 92.7 Å². The van der Waals surface area contributed by atoms with Crippen molar-refractivity contribution in [2.45, 2.75) is 25.8 Å². The van der Waals surface area contributed by atoms with Gasteiger partial charge in [-0.1, -0.05) is 11.6 Å². The van der Waals surface area contributed by atoms with E-state index in [2.05, 4.69) is 44.3 Å². The van der Waals surface area contributed by atoms with Crippen molar-refractivity contribution in [3.63, 3.8) is 0 Å². The molecule has 0 spiro atoms. The highest BCUT2D eigenvalue weighted by molar-refractivity contribution is 14.0. The Labute approximate surface area is 197 Å². The van der Waals surface area contributed by atoms with E-state index in [1.165, 1.54) is 19.5 Å². The quantitative estimate of drug-likeness (QED) is 0.331. The van der Waals surface area contributed by atoms with Crippen LogP contribution in [0.15, 0.2) is 23.3 Å². The molecule has 1 aromatic heterocycles. The van der Waals surface area contributed by atoms with Crippen LogP contribution in [0.3, 0.4) is 0 Å². The fourth-order valence-corrected chi connectivity index (χ4v) is 4.06. The van der Waals surface area contributed by atoms with Crippen LogP contribution in [-0.2, 0) is 0 Å². The Kier molecular flexibility index (Phi) is 10.8. The summed E-state index contributed by atoms with van der Waals surface area (Å²) in [6.45, 7) is 11.3. The molecule has 3 heterocycles. The van der Waals surface area contributed by atoms with E-state index in [0.29, 0.717) is 11.1 Å². The number of hydrogen-bond acceptors (Lipinski definition) is 5. The number of likely N-dealkylation sites (N-methyl/N-ethyl adjacent to an activating group) is 1. The van der Waals surface area contributed by atoms with Gasteiger partial charge >= 0.3 is 0 Å². The van der Waals surface area contributed by atoms with Crippen LogP contribution in [0.5, 0.6) is 0 Å². The highest BCUT2D eigenvalue weighted by Crippen LogP contribution is 2.25. The molecule has 7 nitrogen and oxygen atoms in total. The topological polar surface area (TPSA) is 59.0 Å². The first-order valence-corrected chi connectivity index (χ1v) is 10.8. The van der Waals surface area contributed by atoms with Crippen LogP contribution in [0, 0.1) is 0 Å². The lowest BCUT2D eigenvalue weighted by atomic mass is 10.3.